The summed E-state index contributed by atoms with van der Waals surface area (Å²) in [4.78, 5) is 3.84. The van der Waals surface area contributed by atoms with Crippen LogP contribution in [0.15, 0.2) is 24.9 Å². The average Bonchev–Trinajstić information content (AvgIpc) is 2.05. The summed E-state index contributed by atoms with van der Waals surface area (Å²) in [5.41, 5.74) is 1.58. The molecule has 0 bridgehead atoms. The van der Waals surface area contributed by atoms with Gasteiger partial charge in [-0.05, 0) is 17.7 Å². The molecule has 0 fully saturated rings. The second-order valence-electron chi connectivity index (χ2n) is 2.10. The topological polar surface area (TPSA) is 12.9 Å². The molecule has 0 saturated carbocycles. The SMILES string of the molecule is C=C(CBr)c1ccc(F)cn1. The third-order valence-electron chi connectivity index (χ3n) is 1.25. The zero-order valence-corrected chi connectivity index (χ0v) is 7.44. The number of hydrogen-bond acceptors (Lipinski definition) is 1. The number of pyridine rings is 1. The molecule has 0 atom stereocenters. The van der Waals surface area contributed by atoms with Gasteiger partial charge in [0.1, 0.15) is 5.82 Å². The molecule has 1 heterocycles. The van der Waals surface area contributed by atoms with Crippen molar-refractivity contribution in [3.05, 3.63) is 36.4 Å². The van der Waals surface area contributed by atoms with E-state index in [1.165, 1.54) is 12.3 Å². The maximum absolute atomic E-state index is 12.4. The highest BCUT2D eigenvalue weighted by Crippen LogP contribution is 2.11. The van der Waals surface area contributed by atoms with Crippen molar-refractivity contribution in [2.24, 2.45) is 0 Å². The quantitative estimate of drug-likeness (QED) is 0.692. The molecule has 58 valence electrons. The second kappa shape index (κ2) is 3.62. The fraction of sp³-hybridized carbons (Fsp3) is 0.125. The van der Waals surface area contributed by atoms with Crippen LogP contribution < -0.4 is 0 Å². The predicted molar refractivity (Wildman–Crippen MR) is 47.0 cm³/mol. The van der Waals surface area contributed by atoms with E-state index in [9.17, 15) is 4.39 Å². The lowest BCUT2D eigenvalue weighted by atomic mass is 10.2. The van der Waals surface area contributed by atoms with Gasteiger partial charge >= 0.3 is 0 Å². The van der Waals surface area contributed by atoms with Crippen molar-refractivity contribution >= 4 is 21.5 Å². The van der Waals surface area contributed by atoms with E-state index >= 15 is 0 Å². The van der Waals surface area contributed by atoms with E-state index < -0.39 is 0 Å². The van der Waals surface area contributed by atoms with Crippen LogP contribution in [0.1, 0.15) is 5.69 Å². The van der Waals surface area contributed by atoms with Gasteiger partial charge in [-0.1, -0.05) is 22.5 Å². The highest BCUT2D eigenvalue weighted by Gasteiger charge is 1.97. The Bertz CT molecular complexity index is 255. The van der Waals surface area contributed by atoms with Gasteiger partial charge in [0.15, 0.2) is 0 Å². The first-order valence-corrected chi connectivity index (χ1v) is 4.22. The molecule has 0 radical (unpaired) electrons. The molecule has 1 aromatic rings. The van der Waals surface area contributed by atoms with Crippen LogP contribution >= 0.6 is 15.9 Å². The van der Waals surface area contributed by atoms with Gasteiger partial charge in [0, 0.05) is 5.33 Å². The van der Waals surface area contributed by atoms with E-state index in [-0.39, 0.29) is 5.82 Å². The van der Waals surface area contributed by atoms with Crippen molar-refractivity contribution in [2.75, 3.05) is 5.33 Å². The molecule has 0 spiro atoms. The Balaban J connectivity index is 2.90. The molecule has 0 aromatic carbocycles. The standard InChI is InChI=1S/C8H7BrFN/c1-6(4-9)8-3-2-7(10)5-11-8/h2-3,5H,1,4H2. The molecule has 1 nitrogen and oxygen atoms in total. The van der Waals surface area contributed by atoms with Gasteiger partial charge in [-0.25, -0.2) is 4.39 Å². The second-order valence-corrected chi connectivity index (χ2v) is 2.66. The normalized spacial score (nSPS) is 9.64. The number of rotatable bonds is 2. The van der Waals surface area contributed by atoms with Gasteiger partial charge in [0.2, 0.25) is 0 Å². The summed E-state index contributed by atoms with van der Waals surface area (Å²) in [6, 6.07) is 2.98. The van der Waals surface area contributed by atoms with Crippen molar-refractivity contribution in [1.29, 1.82) is 0 Å². The van der Waals surface area contributed by atoms with Gasteiger partial charge in [0.05, 0.1) is 11.9 Å². The fourth-order valence-corrected chi connectivity index (χ4v) is 0.941. The lowest BCUT2D eigenvalue weighted by Gasteiger charge is -1.98. The zero-order chi connectivity index (χ0) is 8.27. The molecule has 0 N–H and O–H groups in total. The lowest BCUT2D eigenvalue weighted by Crippen LogP contribution is -1.88. The summed E-state index contributed by atoms with van der Waals surface area (Å²) >= 11 is 3.24. The number of alkyl halides is 1. The van der Waals surface area contributed by atoms with Crippen LogP contribution in [-0.2, 0) is 0 Å². The summed E-state index contributed by atoms with van der Waals surface area (Å²) in [6.45, 7) is 3.74. The Kier molecular flexibility index (Phi) is 2.76. The number of hydrogen-bond donors (Lipinski definition) is 0. The highest BCUT2D eigenvalue weighted by molar-refractivity contribution is 9.09. The third kappa shape index (κ3) is 2.12. The van der Waals surface area contributed by atoms with E-state index in [2.05, 4.69) is 27.5 Å². The Labute approximate surface area is 73.1 Å². The van der Waals surface area contributed by atoms with Gasteiger partial charge in [-0.15, -0.1) is 0 Å². The van der Waals surface area contributed by atoms with Crippen LogP contribution in [0.5, 0.6) is 0 Å². The van der Waals surface area contributed by atoms with Crippen LogP contribution in [-0.4, -0.2) is 10.3 Å². The Hall–Kier alpha value is -0.700. The average molecular weight is 216 g/mol. The minimum atomic E-state index is -0.323. The van der Waals surface area contributed by atoms with E-state index in [4.69, 9.17) is 0 Å². The molecule has 1 rings (SSSR count). The smallest absolute Gasteiger partial charge is 0.141 e. The highest BCUT2D eigenvalue weighted by atomic mass is 79.9. The monoisotopic (exact) mass is 215 g/mol. The summed E-state index contributed by atoms with van der Waals surface area (Å²) in [6.07, 6.45) is 1.18. The van der Waals surface area contributed by atoms with Gasteiger partial charge in [-0.2, -0.15) is 0 Å². The molecule has 1 aromatic heterocycles. The minimum Gasteiger partial charge on any atom is -0.254 e. The summed E-state index contributed by atoms with van der Waals surface area (Å²) in [5, 5.41) is 0.658. The van der Waals surface area contributed by atoms with Crippen molar-refractivity contribution in [1.82, 2.24) is 4.98 Å². The first-order chi connectivity index (χ1) is 5.24. The molecule has 0 aliphatic rings. The molecule has 11 heavy (non-hydrogen) atoms. The van der Waals surface area contributed by atoms with E-state index in [1.807, 2.05) is 0 Å². The minimum absolute atomic E-state index is 0.323. The summed E-state index contributed by atoms with van der Waals surface area (Å²) in [5.74, 6) is -0.323. The lowest BCUT2D eigenvalue weighted by molar-refractivity contribution is 0.621. The van der Waals surface area contributed by atoms with Crippen LogP contribution in [0.2, 0.25) is 0 Å². The number of halogens is 2. The van der Waals surface area contributed by atoms with Crippen LogP contribution in [0, 0.1) is 5.82 Å². The maximum atomic E-state index is 12.4. The molecule has 0 unspecified atom stereocenters. The Morgan fingerprint density at radius 2 is 2.36 bits per heavy atom. The van der Waals surface area contributed by atoms with E-state index in [1.54, 1.807) is 6.07 Å². The van der Waals surface area contributed by atoms with Crippen molar-refractivity contribution in [3.8, 4) is 0 Å². The van der Waals surface area contributed by atoms with Crippen molar-refractivity contribution in [3.63, 3.8) is 0 Å². The maximum Gasteiger partial charge on any atom is 0.141 e. The van der Waals surface area contributed by atoms with Crippen LogP contribution in [0.4, 0.5) is 4.39 Å². The molecule has 0 saturated heterocycles. The summed E-state index contributed by atoms with van der Waals surface area (Å²) in [7, 11) is 0. The molecular formula is C8H7BrFN. The number of aromatic nitrogens is 1. The molecular weight excluding hydrogens is 209 g/mol. The third-order valence-corrected chi connectivity index (χ3v) is 1.93. The number of nitrogens with zero attached hydrogens (tertiary/aromatic N) is 1. The molecule has 3 heteroatoms. The van der Waals surface area contributed by atoms with Crippen LogP contribution in [0.3, 0.4) is 0 Å². The fourth-order valence-electron chi connectivity index (χ4n) is 0.653. The Morgan fingerprint density at radius 3 is 2.82 bits per heavy atom. The van der Waals surface area contributed by atoms with Gasteiger partial charge in [-0.3, -0.25) is 4.98 Å². The van der Waals surface area contributed by atoms with Crippen LogP contribution in [0.25, 0.3) is 5.57 Å². The first kappa shape index (κ1) is 8.40. The molecule has 0 aliphatic heterocycles. The zero-order valence-electron chi connectivity index (χ0n) is 5.85. The van der Waals surface area contributed by atoms with Crippen molar-refractivity contribution in [2.45, 2.75) is 0 Å². The van der Waals surface area contributed by atoms with Gasteiger partial charge < -0.3 is 0 Å². The number of allylic oxidation sites excluding steroid dienone is 1. The molecule has 0 amide bonds. The summed E-state index contributed by atoms with van der Waals surface area (Å²) < 4.78 is 12.4. The van der Waals surface area contributed by atoms with Crippen molar-refractivity contribution < 1.29 is 4.39 Å². The first-order valence-electron chi connectivity index (χ1n) is 3.09. The van der Waals surface area contributed by atoms with Gasteiger partial charge in [0.25, 0.3) is 0 Å². The predicted octanol–water partition coefficient (Wildman–Crippen LogP) is 2.63. The largest absolute Gasteiger partial charge is 0.254 e. The molecule has 0 aliphatic carbocycles. The Morgan fingerprint density at radius 1 is 1.64 bits per heavy atom. The van der Waals surface area contributed by atoms with E-state index in [0.717, 1.165) is 11.3 Å². The van der Waals surface area contributed by atoms with E-state index in [0.29, 0.717) is 5.33 Å².